The van der Waals surface area contributed by atoms with Crippen molar-refractivity contribution in [1.29, 1.82) is 0 Å². The number of rotatable bonds is 8. The summed E-state index contributed by atoms with van der Waals surface area (Å²) in [5, 5.41) is 10.2. The van der Waals surface area contributed by atoms with E-state index in [2.05, 4.69) is 39.7 Å². The molecule has 7 nitrogen and oxygen atoms in total. The number of anilines is 1. The Kier molecular flexibility index (Phi) is 10.8. The van der Waals surface area contributed by atoms with Gasteiger partial charge in [-0.05, 0) is 26.7 Å². The van der Waals surface area contributed by atoms with Crippen molar-refractivity contribution in [2.24, 2.45) is 4.99 Å². The van der Waals surface area contributed by atoms with Crippen LogP contribution in [0.4, 0.5) is 5.13 Å². The molecule has 0 bridgehead atoms. The molecule has 0 aromatic carbocycles. The van der Waals surface area contributed by atoms with Gasteiger partial charge < -0.3 is 20.3 Å². The Hall–Kier alpha value is -0.650. The lowest BCUT2D eigenvalue weighted by Gasteiger charge is -2.31. The summed E-state index contributed by atoms with van der Waals surface area (Å²) in [6, 6.07) is 0.436. The Labute approximate surface area is 190 Å². The van der Waals surface area contributed by atoms with Crippen molar-refractivity contribution in [1.82, 2.24) is 20.5 Å². The van der Waals surface area contributed by atoms with Crippen LogP contribution in [0, 0.1) is 0 Å². The van der Waals surface area contributed by atoms with E-state index in [4.69, 9.17) is 14.7 Å². The first-order valence-corrected chi connectivity index (χ1v) is 11.2. The van der Waals surface area contributed by atoms with Gasteiger partial charge in [0.2, 0.25) is 0 Å². The Morgan fingerprint density at radius 3 is 2.71 bits per heavy atom. The Morgan fingerprint density at radius 2 is 2.00 bits per heavy atom. The van der Waals surface area contributed by atoms with Crippen LogP contribution in [-0.2, 0) is 11.2 Å². The van der Waals surface area contributed by atoms with Crippen LogP contribution in [0.1, 0.15) is 32.4 Å². The summed E-state index contributed by atoms with van der Waals surface area (Å²) < 4.78 is 5.43. The molecule has 9 heteroatoms. The zero-order valence-corrected chi connectivity index (χ0v) is 20.3. The molecule has 2 aliphatic rings. The van der Waals surface area contributed by atoms with Gasteiger partial charge >= 0.3 is 0 Å². The highest BCUT2D eigenvalue weighted by Crippen LogP contribution is 2.24. The number of nitrogens with zero attached hydrogens (tertiary/aromatic N) is 4. The maximum atomic E-state index is 5.43. The van der Waals surface area contributed by atoms with E-state index in [1.165, 1.54) is 23.7 Å². The van der Waals surface area contributed by atoms with E-state index in [0.29, 0.717) is 6.04 Å². The number of thiazole rings is 1. The third-order valence-corrected chi connectivity index (χ3v) is 6.07. The van der Waals surface area contributed by atoms with Crippen molar-refractivity contribution in [3.8, 4) is 0 Å². The summed E-state index contributed by atoms with van der Waals surface area (Å²) in [7, 11) is 0. The number of hydrogen-bond donors (Lipinski definition) is 2. The van der Waals surface area contributed by atoms with Crippen LogP contribution >= 0.6 is 35.3 Å². The fraction of sp³-hybridized carbons (Fsp3) is 0.789. The van der Waals surface area contributed by atoms with Crippen LogP contribution < -0.4 is 15.5 Å². The molecular weight excluding hydrogens is 487 g/mol. The lowest BCUT2D eigenvalue weighted by atomic mass is 10.2. The predicted octanol–water partition coefficient (Wildman–Crippen LogP) is 2.18. The Morgan fingerprint density at radius 1 is 1.25 bits per heavy atom. The second kappa shape index (κ2) is 12.8. The molecule has 3 heterocycles. The zero-order chi connectivity index (χ0) is 18.9. The average Bonchev–Trinajstić information content (AvgIpc) is 3.38. The number of morpholine rings is 1. The SMILES string of the molecule is CCNC(=NCC(C)N1CCOCC1)NCCc1csc(N2CCCC2)n1.I. The first-order valence-electron chi connectivity index (χ1n) is 10.3. The van der Waals surface area contributed by atoms with Gasteiger partial charge in [-0.1, -0.05) is 0 Å². The van der Waals surface area contributed by atoms with Gasteiger partial charge in [0.1, 0.15) is 0 Å². The summed E-state index contributed by atoms with van der Waals surface area (Å²) in [5.74, 6) is 0.896. The maximum Gasteiger partial charge on any atom is 0.191 e. The van der Waals surface area contributed by atoms with Gasteiger partial charge in [-0.15, -0.1) is 35.3 Å². The van der Waals surface area contributed by atoms with Gasteiger partial charge in [0.15, 0.2) is 11.1 Å². The van der Waals surface area contributed by atoms with Gasteiger partial charge in [-0.25, -0.2) is 4.98 Å². The molecule has 28 heavy (non-hydrogen) atoms. The fourth-order valence-electron chi connectivity index (χ4n) is 3.47. The largest absolute Gasteiger partial charge is 0.379 e. The van der Waals surface area contributed by atoms with Crippen molar-refractivity contribution >= 4 is 46.4 Å². The van der Waals surface area contributed by atoms with Crippen LogP contribution in [0.3, 0.4) is 0 Å². The average molecular weight is 523 g/mol. The summed E-state index contributed by atoms with van der Waals surface area (Å²) in [6.07, 6.45) is 3.51. The first kappa shape index (κ1) is 23.6. The van der Waals surface area contributed by atoms with Crippen molar-refractivity contribution in [2.75, 3.05) is 63.9 Å². The number of nitrogens with one attached hydrogen (secondary N) is 2. The third kappa shape index (κ3) is 7.31. The number of guanidine groups is 1. The summed E-state index contributed by atoms with van der Waals surface area (Å²) in [4.78, 5) is 14.4. The van der Waals surface area contributed by atoms with E-state index in [0.717, 1.165) is 71.4 Å². The third-order valence-electron chi connectivity index (χ3n) is 5.12. The van der Waals surface area contributed by atoms with Gasteiger partial charge in [-0.3, -0.25) is 9.89 Å². The highest BCUT2D eigenvalue weighted by Gasteiger charge is 2.17. The van der Waals surface area contributed by atoms with Crippen LogP contribution in [-0.4, -0.2) is 80.9 Å². The summed E-state index contributed by atoms with van der Waals surface area (Å²) in [5.41, 5.74) is 1.17. The van der Waals surface area contributed by atoms with Crippen molar-refractivity contribution in [2.45, 2.75) is 39.2 Å². The minimum atomic E-state index is 0. The lowest BCUT2D eigenvalue weighted by molar-refractivity contribution is 0.0220. The molecule has 2 saturated heterocycles. The number of halogens is 1. The molecule has 0 spiro atoms. The molecule has 2 fully saturated rings. The molecule has 1 atom stereocenters. The number of hydrogen-bond acceptors (Lipinski definition) is 6. The van der Waals surface area contributed by atoms with E-state index in [1.54, 1.807) is 11.3 Å². The second-order valence-corrected chi connectivity index (χ2v) is 8.05. The molecule has 0 saturated carbocycles. The van der Waals surface area contributed by atoms with Gasteiger partial charge in [0.05, 0.1) is 25.5 Å². The first-order chi connectivity index (χ1) is 13.3. The minimum Gasteiger partial charge on any atom is -0.379 e. The smallest absolute Gasteiger partial charge is 0.191 e. The molecule has 1 aromatic rings. The number of ether oxygens (including phenoxy) is 1. The fourth-order valence-corrected chi connectivity index (χ4v) is 4.39. The highest BCUT2D eigenvalue weighted by atomic mass is 127. The Balaban J connectivity index is 0.00000280. The van der Waals surface area contributed by atoms with E-state index in [-0.39, 0.29) is 24.0 Å². The summed E-state index contributed by atoms with van der Waals surface area (Å²) >= 11 is 1.77. The molecule has 1 unspecified atom stereocenters. The molecule has 2 aliphatic heterocycles. The zero-order valence-electron chi connectivity index (χ0n) is 17.2. The van der Waals surface area contributed by atoms with Gasteiger partial charge in [0, 0.05) is 57.1 Å². The molecule has 0 aliphatic carbocycles. The minimum absolute atomic E-state index is 0. The molecule has 0 amide bonds. The Bertz CT molecular complexity index is 587. The predicted molar refractivity (Wildman–Crippen MR) is 129 cm³/mol. The normalized spacial score (nSPS) is 19.4. The van der Waals surface area contributed by atoms with Crippen LogP contribution in [0.25, 0.3) is 0 Å². The van der Waals surface area contributed by atoms with Crippen molar-refractivity contribution in [3.05, 3.63) is 11.1 Å². The summed E-state index contributed by atoms with van der Waals surface area (Å²) in [6.45, 7) is 12.8. The highest BCUT2D eigenvalue weighted by molar-refractivity contribution is 14.0. The molecule has 0 radical (unpaired) electrons. The van der Waals surface area contributed by atoms with Crippen molar-refractivity contribution in [3.63, 3.8) is 0 Å². The van der Waals surface area contributed by atoms with Gasteiger partial charge in [-0.2, -0.15) is 0 Å². The van der Waals surface area contributed by atoms with Crippen LogP contribution in [0.15, 0.2) is 10.4 Å². The molecule has 2 N–H and O–H groups in total. The maximum absolute atomic E-state index is 5.43. The van der Waals surface area contributed by atoms with Crippen LogP contribution in [0.5, 0.6) is 0 Å². The van der Waals surface area contributed by atoms with Crippen molar-refractivity contribution < 1.29 is 4.74 Å². The monoisotopic (exact) mass is 522 g/mol. The van der Waals surface area contributed by atoms with Crippen LogP contribution in [0.2, 0.25) is 0 Å². The molecule has 160 valence electrons. The second-order valence-electron chi connectivity index (χ2n) is 7.21. The topological polar surface area (TPSA) is 65.0 Å². The number of aromatic nitrogens is 1. The molecule has 1 aromatic heterocycles. The standard InChI is InChI=1S/C19H34N6OS.HI/c1-3-20-18(22-14-16(2)24-10-12-26-13-11-24)21-7-6-17-15-27-19(23-17)25-8-4-5-9-25;/h15-16H,3-14H2,1-2H3,(H2,20,21,22);1H. The quantitative estimate of drug-likeness (QED) is 0.310. The van der Waals surface area contributed by atoms with E-state index in [1.807, 2.05) is 0 Å². The lowest BCUT2D eigenvalue weighted by Crippen LogP contribution is -2.44. The number of aliphatic imine (C=N–C) groups is 1. The van der Waals surface area contributed by atoms with E-state index in [9.17, 15) is 0 Å². The molecular formula is C19H35IN6OS. The van der Waals surface area contributed by atoms with E-state index < -0.39 is 0 Å². The van der Waals surface area contributed by atoms with Gasteiger partial charge in [0.25, 0.3) is 0 Å². The van der Waals surface area contributed by atoms with E-state index >= 15 is 0 Å². The molecule has 3 rings (SSSR count).